The number of fused-ring (bicyclic) bond motifs is 1. The fourth-order valence-electron chi connectivity index (χ4n) is 3.67. The lowest BCUT2D eigenvalue weighted by molar-refractivity contribution is -0.130. The van der Waals surface area contributed by atoms with E-state index in [1.54, 1.807) is 37.3 Å². The van der Waals surface area contributed by atoms with Crippen molar-refractivity contribution in [1.29, 1.82) is 0 Å². The summed E-state index contributed by atoms with van der Waals surface area (Å²) in [6, 6.07) is 20.0. The minimum Gasteiger partial charge on any atom is -0.345 e. The molecule has 3 aromatic carbocycles. The average molecular weight is 474 g/mol. The van der Waals surface area contributed by atoms with Crippen LogP contribution in [0.3, 0.4) is 0 Å². The fraction of sp³-hybridized carbons (Fsp3) is 0.286. The van der Waals surface area contributed by atoms with Crippen LogP contribution in [0.4, 0.5) is 0 Å². The minimum atomic E-state index is -0.911. The van der Waals surface area contributed by atoms with Gasteiger partial charge in [-0.15, -0.1) is 0 Å². The van der Waals surface area contributed by atoms with Gasteiger partial charge in [0.1, 0.15) is 18.4 Å². The van der Waals surface area contributed by atoms with Crippen LogP contribution in [0.15, 0.2) is 72.8 Å². The van der Waals surface area contributed by atoms with Crippen LogP contribution in [0, 0.1) is 5.92 Å². The first-order chi connectivity index (χ1) is 16.8. The Morgan fingerprint density at radius 3 is 2.09 bits per heavy atom. The number of hydrogen-bond donors (Lipinski definition) is 3. The van der Waals surface area contributed by atoms with Crippen LogP contribution >= 0.6 is 0 Å². The van der Waals surface area contributed by atoms with Gasteiger partial charge in [-0.05, 0) is 41.3 Å². The maximum atomic E-state index is 13.2. The summed E-state index contributed by atoms with van der Waals surface area (Å²) in [4.78, 5) is 49.8. The smallest absolute Gasteiger partial charge is 0.251 e. The number of amides is 3. The lowest BCUT2D eigenvalue weighted by atomic mass is 10.0. The SMILES string of the molecule is CC(NC(=O)C(Cc1ccc2ccccc2c1)NC(=O)c1ccccc1)C(=O)NC(C=O)C(C)C. The zero-order valence-electron chi connectivity index (χ0n) is 20.2. The molecule has 3 aromatic rings. The van der Waals surface area contributed by atoms with Crippen LogP contribution in [0.1, 0.15) is 36.7 Å². The molecule has 0 spiro atoms. The van der Waals surface area contributed by atoms with Crippen molar-refractivity contribution in [3.8, 4) is 0 Å². The van der Waals surface area contributed by atoms with Crippen LogP contribution in [-0.2, 0) is 20.8 Å². The van der Waals surface area contributed by atoms with Crippen molar-refractivity contribution in [3.05, 3.63) is 83.9 Å². The third-order valence-electron chi connectivity index (χ3n) is 5.84. The van der Waals surface area contributed by atoms with Crippen molar-refractivity contribution in [2.45, 2.75) is 45.3 Å². The van der Waals surface area contributed by atoms with E-state index in [0.29, 0.717) is 11.8 Å². The fourth-order valence-corrected chi connectivity index (χ4v) is 3.67. The number of carbonyl (C=O) groups is 4. The number of benzene rings is 3. The summed E-state index contributed by atoms with van der Waals surface area (Å²) in [5.41, 5.74) is 1.30. The maximum absolute atomic E-state index is 13.2. The Kier molecular flexibility index (Phi) is 8.73. The largest absolute Gasteiger partial charge is 0.345 e. The van der Waals surface area contributed by atoms with E-state index in [1.807, 2.05) is 56.3 Å². The molecule has 3 unspecified atom stereocenters. The zero-order chi connectivity index (χ0) is 25.4. The lowest BCUT2D eigenvalue weighted by Crippen LogP contribution is -2.55. The normalized spacial score (nSPS) is 13.5. The van der Waals surface area contributed by atoms with E-state index >= 15 is 0 Å². The first-order valence-electron chi connectivity index (χ1n) is 11.7. The van der Waals surface area contributed by atoms with E-state index in [0.717, 1.165) is 16.3 Å². The van der Waals surface area contributed by atoms with Crippen LogP contribution < -0.4 is 16.0 Å². The average Bonchev–Trinajstić information content (AvgIpc) is 2.86. The highest BCUT2D eigenvalue weighted by Gasteiger charge is 2.26. The number of aldehydes is 1. The van der Waals surface area contributed by atoms with Gasteiger partial charge in [0.15, 0.2) is 0 Å². The molecule has 0 aromatic heterocycles. The van der Waals surface area contributed by atoms with Crippen molar-refractivity contribution >= 4 is 34.8 Å². The Labute approximate surface area is 205 Å². The van der Waals surface area contributed by atoms with Gasteiger partial charge >= 0.3 is 0 Å². The van der Waals surface area contributed by atoms with E-state index in [2.05, 4.69) is 16.0 Å². The quantitative estimate of drug-likeness (QED) is 0.394. The minimum absolute atomic E-state index is 0.0786. The number of nitrogens with one attached hydrogen (secondary N) is 3. The molecule has 0 fully saturated rings. The monoisotopic (exact) mass is 473 g/mol. The molecule has 3 atom stereocenters. The molecule has 0 heterocycles. The predicted octanol–water partition coefficient (Wildman–Crippen LogP) is 3.03. The Bertz CT molecular complexity index is 1190. The summed E-state index contributed by atoms with van der Waals surface area (Å²) in [5, 5.41) is 10.2. The Hall–Kier alpha value is -4.00. The van der Waals surface area contributed by atoms with Crippen LogP contribution in [0.5, 0.6) is 0 Å². The number of carbonyl (C=O) groups excluding carboxylic acids is 4. The summed E-state index contributed by atoms with van der Waals surface area (Å²) in [6.07, 6.45) is 0.923. The van der Waals surface area contributed by atoms with Gasteiger partial charge < -0.3 is 20.7 Å². The molecule has 0 aliphatic heterocycles. The molecule has 0 bridgehead atoms. The summed E-state index contributed by atoms with van der Waals surface area (Å²) < 4.78 is 0. The summed E-state index contributed by atoms with van der Waals surface area (Å²) in [5.74, 6) is -1.42. The van der Waals surface area contributed by atoms with E-state index in [4.69, 9.17) is 0 Å². The molecule has 7 nitrogen and oxygen atoms in total. The van der Waals surface area contributed by atoms with Gasteiger partial charge in [-0.25, -0.2) is 0 Å². The molecule has 3 amide bonds. The van der Waals surface area contributed by atoms with Crippen molar-refractivity contribution in [1.82, 2.24) is 16.0 Å². The highest BCUT2D eigenvalue weighted by atomic mass is 16.2. The number of rotatable bonds is 10. The van der Waals surface area contributed by atoms with Crippen molar-refractivity contribution in [2.24, 2.45) is 5.92 Å². The standard InChI is InChI=1S/C28H31N3O4/c1-18(2)25(17-32)31-26(33)19(3)29-28(35)24(30-27(34)22-10-5-4-6-11-22)16-20-13-14-21-9-7-8-12-23(21)15-20/h4-15,17-19,24-25H,16H2,1-3H3,(H,29,35)(H,30,34)(H,31,33). The molecule has 3 rings (SSSR count). The first-order valence-corrected chi connectivity index (χ1v) is 11.7. The van der Waals surface area contributed by atoms with E-state index in [1.165, 1.54) is 0 Å². The van der Waals surface area contributed by atoms with Gasteiger partial charge in [-0.2, -0.15) is 0 Å². The van der Waals surface area contributed by atoms with Gasteiger partial charge in [-0.1, -0.05) is 74.5 Å². The molecule has 0 aliphatic carbocycles. The third kappa shape index (κ3) is 6.99. The Morgan fingerprint density at radius 1 is 0.771 bits per heavy atom. The zero-order valence-corrected chi connectivity index (χ0v) is 20.2. The van der Waals surface area contributed by atoms with Gasteiger partial charge in [0, 0.05) is 12.0 Å². The third-order valence-corrected chi connectivity index (χ3v) is 5.84. The maximum Gasteiger partial charge on any atom is 0.251 e. The molecule has 0 saturated heterocycles. The molecule has 0 radical (unpaired) electrons. The molecule has 0 saturated carbocycles. The van der Waals surface area contributed by atoms with Crippen LogP contribution in [-0.4, -0.2) is 42.1 Å². The summed E-state index contributed by atoms with van der Waals surface area (Å²) in [6.45, 7) is 5.18. The molecule has 182 valence electrons. The molecule has 0 aliphatic rings. The topological polar surface area (TPSA) is 104 Å². The highest BCUT2D eigenvalue weighted by molar-refractivity contribution is 5.98. The second-order valence-corrected chi connectivity index (χ2v) is 8.92. The Morgan fingerprint density at radius 2 is 1.43 bits per heavy atom. The number of hydrogen-bond acceptors (Lipinski definition) is 4. The second-order valence-electron chi connectivity index (χ2n) is 8.92. The van der Waals surface area contributed by atoms with E-state index in [9.17, 15) is 19.2 Å². The van der Waals surface area contributed by atoms with Crippen LogP contribution in [0.25, 0.3) is 10.8 Å². The molecule has 35 heavy (non-hydrogen) atoms. The molecule has 3 N–H and O–H groups in total. The second kappa shape index (κ2) is 11.9. The van der Waals surface area contributed by atoms with Gasteiger partial charge in [0.2, 0.25) is 11.8 Å². The van der Waals surface area contributed by atoms with E-state index < -0.39 is 29.9 Å². The van der Waals surface area contributed by atoms with Crippen molar-refractivity contribution in [3.63, 3.8) is 0 Å². The summed E-state index contributed by atoms with van der Waals surface area (Å²) >= 11 is 0. The highest BCUT2D eigenvalue weighted by Crippen LogP contribution is 2.17. The van der Waals surface area contributed by atoms with Gasteiger partial charge in [-0.3, -0.25) is 14.4 Å². The molecular weight excluding hydrogens is 442 g/mol. The molecule has 7 heteroatoms. The lowest BCUT2D eigenvalue weighted by Gasteiger charge is -2.23. The molecular formula is C28H31N3O4. The first kappa shape index (κ1) is 25.6. The predicted molar refractivity (Wildman–Crippen MR) is 136 cm³/mol. The summed E-state index contributed by atoms with van der Waals surface area (Å²) in [7, 11) is 0. The van der Waals surface area contributed by atoms with Crippen molar-refractivity contribution < 1.29 is 19.2 Å². The van der Waals surface area contributed by atoms with Crippen molar-refractivity contribution in [2.75, 3.05) is 0 Å². The van der Waals surface area contributed by atoms with E-state index in [-0.39, 0.29) is 18.2 Å². The van der Waals surface area contributed by atoms with Gasteiger partial charge in [0.05, 0.1) is 6.04 Å². The Balaban J connectivity index is 1.78. The van der Waals surface area contributed by atoms with Crippen LogP contribution in [0.2, 0.25) is 0 Å². The van der Waals surface area contributed by atoms with Gasteiger partial charge in [0.25, 0.3) is 5.91 Å².